The number of carbonyl (C=O) groups excluding carboxylic acids is 1. The zero-order chi connectivity index (χ0) is 16.2. The molecule has 0 heterocycles. The Morgan fingerprint density at radius 2 is 1.91 bits per heavy atom. The Morgan fingerprint density at radius 1 is 1.23 bits per heavy atom. The molecule has 0 radical (unpaired) electrons. The minimum atomic E-state index is -0.377. The van der Waals surface area contributed by atoms with Gasteiger partial charge in [-0.1, -0.05) is 6.07 Å². The van der Waals surface area contributed by atoms with Crippen molar-refractivity contribution >= 4 is 5.91 Å². The first-order valence-electron chi connectivity index (χ1n) is 7.69. The molecule has 1 amide bonds. The van der Waals surface area contributed by atoms with Crippen LogP contribution in [0.25, 0.3) is 0 Å². The minimum absolute atomic E-state index is 0.124. The van der Waals surface area contributed by atoms with E-state index >= 15 is 0 Å². The molecule has 122 valence electrons. The van der Waals surface area contributed by atoms with Gasteiger partial charge in [-0.15, -0.1) is 0 Å². The van der Waals surface area contributed by atoms with E-state index in [9.17, 15) is 4.79 Å². The van der Waals surface area contributed by atoms with Gasteiger partial charge in [0.1, 0.15) is 0 Å². The van der Waals surface area contributed by atoms with E-state index in [1.165, 1.54) is 0 Å². The second-order valence-corrected chi connectivity index (χ2v) is 6.06. The van der Waals surface area contributed by atoms with E-state index in [1.807, 2.05) is 32.3 Å². The molecular formula is C17H26N2O3. The van der Waals surface area contributed by atoms with Crippen LogP contribution in [-0.4, -0.2) is 52.2 Å². The smallest absolute Gasteiger partial charge is 0.230 e. The summed E-state index contributed by atoms with van der Waals surface area (Å²) in [4.78, 5) is 14.6. The molecule has 0 bridgehead atoms. The third-order valence-corrected chi connectivity index (χ3v) is 4.19. The van der Waals surface area contributed by atoms with E-state index in [-0.39, 0.29) is 11.3 Å². The molecule has 1 N–H and O–H groups in total. The highest BCUT2D eigenvalue weighted by Gasteiger charge is 2.51. The van der Waals surface area contributed by atoms with Crippen LogP contribution in [-0.2, 0) is 10.2 Å². The molecule has 0 unspecified atom stereocenters. The van der Waals surface area contributed by atoms with Crippen LogP contribution in [0.5, 0.6) is 11.5 Å². The van der Waals surface area contributed by atoms with Crippen LogP contribution in [0.4, 0.5) is 0 Å². The van der Waals surface area contributed by atoms with Crippen molar-refractivity contribution in [1.29, 1.82) is 0 Å². The van der Waals surface area contributed by atoms with E-state index < -0.39 is 0 Å². The zero-order valence-corrected chi connectivity index (χ0v) is 13.9. The first-order valence-corrected chi connectivity index (χ1v) is 7.69. The molecule has 1 fully saturated rings. The van der Waals surface area contributed by atoms with E-state index in [2.05, 4.69) is 10.2 Å². The third kappa shape index (κ3) is 3.53. The van der Waals surface area contributed by atoms with Crippen molar-refractivity contribution in [3.63, 3.8) is 0 Å². The Balaban J connectivity index is 2.02. The van der Waals surface area contributed by atoms with Crippen LogP contribution in [0.1, 0.15) is 24.8 Å². The number of nitrogens with one attached hydrogen (secondary N) is 1. The highest BCUT2D eigenvalue weighted by molar-refractivity contribution is 5.91. The van der Waals surface area contributed by atoms with E-state index in [0.717, 1.165) is 31.4 Å². The molecule has 0 aromatic heterocycles. The molecule has 5 heteroatoms. The first kappa shape index (κ1) is 16.6. The van der Waals surface area contributed by atoms with Crippen molar-refractivity contribution in [2.75, 3.05) is 41.4 Å². The molecule has 22 heavy (non-hydrogen) atoms. The van der Waals surface area contributed by atoms with Gasteiger partial charge in [0.15, 0.2) is 11.5 Å². The van der Waals surface area contributed by atoms with Gasteiger partial charge in [-0.3, -0.25) is 4.79 Å². The number of rotatable bonds is 8. The summed E-state index contributed by atoms with van der Waals surface area (Å²) >= 11 is 0. The molecule has 1 aromatic rings. The molecule has 1 aliphatic carbocycles. The van der Waals surface area contributed by atoms with Gasteiger partial charge in [-0.05, 0) is 57.6 Å². The van der Waals surface area contributed by atoms with Crippen molar-refractivity contribution < 1.29 is 14.3 Å². The maximum absolute atomic E-state index is 12.5. The fourth-order valence-electron chi connectivity index (χ4n) is 2.67. The molecular weight excluding hydrogens is 280 g/mol. The number of hydrogen-bond acceptors (Lipinski definition) is 4. The van der Waals surface area contributed by atoms with Crippen LogP contribution in [0.2, 0.25) is 0 Å². The fourth-order valence-corrected chi connectivity index (χ4v) is 2.67. The fraction of sp³-hybridized carbons (Fsp3) is 0.588. The Bertz CT molecular complexity index is 525. The predicted octanol–water partition coefficient (Wildman–Crippen LogP) is 1.80. The molecule has 0 atom stereocenters. The number of amides is 1. The molecule has 1 saturated carbocycles. The number of carbonyl (C=O) groups is 1. The van der Waals surface area contributed by atoms with Gasteiger partial charge >= 0.3 is 0 Å². The van der Waals surface area contributed by atoms with Crippen molar-refractivity contribution in [1.82, 2.24) is 10.2 Å². The largest absolute Gasteiger partial charge is 0.493 e. The molecule has 5 nitrogen and oxygen atoms in total. The monoisotopic (exact) mass is 306 g/mol. The molecule has 1 aliphatic rings. The third-order valence-electron chi connectivity index (χ3n) is 4.19. The standard InChI is InChI=1S/C17H26N2O3/c1-19(2)11-5-10-18-16(20)17(8-9-17)13-6-7-14(21-3)15(12-13)22-4/h6-7,12H,5,8-11H2,1-4H3,(H,18,20). The molecule has 0 spiro atoms. The van der Waals surface area contributed by atoms with Crippen LogP contribution >= 0.6 is 0 Å². The van der Waals surface area contributed by atoms with Crippen LogP contribution in [0, 0.1) is 0 Å². The molecule has 0 aliphatic heterocycles. The van der Waals surface area contributed by atoms with E-state index in [0.29, 0.717) is 18.0 Å². The highest BCUT2D eigenvalue weighted by atomic mass is 16.5. The lowest BCUT2D eigenvalue weighted by Crippen LogP contribution is -2.36. The number of hydrogen-bond donors (Lipinski definition) is 1. The second-order valence-electron chi connectivity index (χ2n) is 6.06. The Hall–Kier alpha value is -1.75. The SMILES string of the molecule is COc1ccc(C2(C(=O)NCCCN(C)C)CC2)cc1OC. The summed E-state index contributed by atoms with van der Waals surface area (Å²) in [6, 6.07) is 5.76. The summed E-state index contributed by atoms with van der Waals surface area (Å²) < 4.78 is 10.6. The normalized spacial score (nSPS) is 15.5. The summed E-state index contributed by atoms with van der Waals surface area (Å²) in [7, 11) is 7.30. The van der Waals surface area contributed by atoms with Crippen molar-refractivity contribution in [3.8, 4) is 11.5 Å². The number of nitrogens with zero attached hydrogens (tertiary/aromatic N) is 1. The van der Waals surface area contributed by atoms with Gasteiger partial charge in [0.05, 0.1) is 19.6 Å². The lowest BCUT2D eigenvalue weighted by Gasteiger charge is -2.18. The van der Waals surface area contributed by atoms with Crippen LogP contribution < -0.4 is 14.8 Å². The average molecular weight is 306 g/mol. The Morgan fingerprint density at radius 3 is 2.45 bits per heavy atom. The number of methoxy groups -OCH3 is 2. The second kappa shape index (κ2) is 7.01. The van der Waals surface area contributed by atoms with Gasteiger partial charge < -0.3 is 19.7 Å². The minimum Gasteiger partial charge on any atom is -0.493 e. The van der Waals surface area contributed by atoms with Crippen LogP contribution in [0.15, 0.2) is 18.2 Å². The lowest BCUT2D eigenvalue weighted by atomic mass is 9.94. The average Bonchev–Trinajstić information content (AvgIpc) is 3.32. The molecule has 2 rings (SSSR count). The Kier molecular flexibility index (Phi) is 5.29. The topological polar surface area (TPSA) is 50.8 Å². The summed E-state index contributed by atoms with van der Waals surface area (Å²) in [6.07, 6.45) is 2.74. The molecule has 0 saturated heterocycles. The summed E-state index contributed by atoms with van der Waals surface area (Å²) in [5, 5.41) is 3.07. The number of benzene rings is 1. The van der Waals surface area contributed by atoms with Gasteiger partial charge in [0.2, 0.25) is 5.91 Å². The van der Waals surface area contributed by atoms with Gasteiger partial charge in [-0.25, -0.2) is 0 Å². The van der Waals surface area contributed by atoms with E-state index in [4.69, 9.17) is 9.47 Å². The zero-order valence-electron chi connectivity index (χ0n) is 13.9. The molecule has 1 aromatic carbocycles. The first-order chi connectivity index (χ1) is 10.5. The van der Waals surface area contributed by atoms with Crippen molar-refractivity contribution in [2.24, 2.45) is 0 Å². The summed E-state index contributed by atoms with van der Waals surface area (Å²) in [5.41, 5.74) is 0.632. The van der Waals surface area contributed by atoms with E-state index in [1.54, 1.807) is 14.2 Å². The lowest BCUT2D eigenvalue weighted by molar-refractivity contribution is -0.123. The summed E-state index contributed by atoms with van der Waals surface area (Å²) in [6.45, 7) is 1.69. The van der Waals surface area contributed by atoms with Crippen molar-refractivity contribution in [3.05, 3.63) is 23.8 Å². The Labute approximate surface area is 132 Å². The van der Waals surface area contributed by atoms with Gasteiger partial charge in [-0.2, -0.15) is 0 Å². The predicted molar refractivity (Wildman–Crippen MR) is 86.6 cm³/mol. The highest BCUT2D eigenvalue weighted by Crippen LogP contribution is 2.50. The van der Waals surface area contributed by atoms with Gasteiger partial charge in [0.25, 0.3) is 0 Å². The van der Waals surface area contributed by atoms with Crippen LogP contribution in [0.3, 0.4) is 0 Å². The summed E-state index contributed by atoms with van der Waals surface area (Å²) in [5.74, 6) is 1.48. The van der Waals surface area contributed by atoms with Gasteiger partial charge in [0, 0.05) is 6.54 Å². The maximum atomic E-state index is 12.5. The number of ether oxygens (including phenoxy) is 2. The maximum Gasteiger partial charge on any atom is 0.230 e. The quantitative estimate of drug-likeness (QED) is 0.744. The van der Waals surface area contributed by atoms with Crippen molar-refractivity contribution in [2.45, 2.75) is 24.7 Å².